The van der Waals surface area contributed by atoms with E-state index in [-0.39, 0.29) is 21.4 Å². The van der Waals surface area contributed by atoms with Gasteiger partial charge >= 0.3 is 0 Å². The quantitative estimate of drug-likeness (QED) is 0.907. The van der Waals surface area contributed by atoms with E-state index in [0.29, 0.717) is 6.42 Å². The molecule has 22 heavy (non-hydrogen) atoms. The van der Waals surface area contributed by atoms with Crippen LogP contribution in [0, 0.1) is 11.6 Å². The fourth-order valence-electron chi connectivity index (χ4n) is 2.36. The van der Waals surface area contributed by atoms with Crippen LogP contribution in [0.25, 0.3) is 0 Å². The molecule has 0 unspecified atom stereocenters. The molecule has 4 nitrogen and oxygen atoms in total. The maximum atomic E-state index is 13.7. The Morgan fingerprint density at radius 3 is 2.82 bits per heavy atom. The zero-order valence-electron chi connectivity index (χ0n) is 11.5. The third-order valence-corrected chi connectivity index (χ3v) is 6.47. The monoisotopic (exact) mass is 345 g/mol. The average Bonchev–Trinajstić information content (AvgIpc) is 3.03. The lowest BCUT2D eigenvalue weighted by molar-refractivity contribution is 0.406. The van der Waals surface area contributed by atoms with Crippen molar-refractivity contribution in [1.82, 2.24) is 4.72 Å². The van der Waals surface area contributed by atoms with Crippen LogP contribution < -0.4 is 9.46 Å². The molecule has 1 fully saturated rings. The SMILES string of the molecule is COc1ccsc1S(=O)(=O)N[C@H]1C[C@@H]1c1cccc(F)c1F. The van der Waals surface area contributed by atoms with E-state index in [1.54, 1.807) is 11.4 Å². The van der Waals surface area contributed by atoms with Gasteiger partial charge in [0.05, 0.1) is 7.11 Å². The first-order valence-corrected chi connectivity index (χ1v) is 8.88. The smallest absolute Gasteiger partial charge is 0.254 e. The summed E-state index contributed by atoms with van der Waals surface area (Å²) in [5.41, 5.74) is 0.200. The van der Waals surface area contributed by atoms with E-state index in [1.165, 1.54) is 19.2 Å². The summed E-state index contributed by atoms with van der Waals surface area (Å²) < 4.78 is 59.2. The van der Waals surface area contributed by atoms with Crippen molar-refractivity contribution in [2.24, 2.45) is 0 Å². The van der Waals surface area contributed by atoms with Crippen molar-refractivity contribution >= 4 is 21.4 Å². The summed E-state index contributed by atoms with van der Waals surface area (Å²) in [4.78, 5) is 0. The second-order valence-corrected chi connectivity index (χ2v) is 7.81. The van der Waals surface area contributed by atoms with E-state index in [9.17, 15) is 17.2 Å². The molecule has 0 amide bonds. The Labute approximate surface area is 130 Å². The number of hydrogen-bond donors (Lipinski definition) is 1. The van der Waals surface area contributed by atoms with Crippen molar-refractivity contribution in [3.63, 3.8) is 0 Å². The van der Waals surface area contributed by atoms with E-state index >= 15 is 0 Å². The van der Waals surface area contributed by atoms with Crippen LogP contribution in [-0.2, 0) is 10.0 Å². The van der Waals surface area contributed by atoms with Gasteiger partial charge in [0.2, 0.25) is 0 Å². The Hall–Kier alpha value is -1.51. The van der Waals surface area contributed by atoms with Gasteiger partial charge in [-0.1, -0.05) is 12.1 Å². The van der Waals surface area contributed by atoms with Gasteiger partial charge in [-0.05, 0) is 29.5 Å². The number of ether oxygens (including phenoxy) is 1. The number of rotatable bonds is 5. The number of hydrogen-bond acceptors (Lipinski definition) is 4. The van der Waals surface area contributed by atoms with Crippen LogP contribution in [0.15, 0.2) is 33.9 Å². The Balaban J connectivity index is 1.77. The minimum absolute atomic E-state index is 0.0837. The first-order chi connectivity index (χ1) is 10.4. The molecular weight excluding hydrogens is 332 g/mol. The summed E-state index contributed by atoms with van der Waals surface area (Å²) in [6.45, 7) is 0. The lowest BCUT2D eigenvalue weighted by Gasteiger charge is -2.07. The Morgan fingerprint density at radius 1 is 1.32 bits per heavy atom. The number of halogens is 2. The van der Waals surface area contributed by atoms with Crippen LogP contribution in [0.3, 0.4) is 0 Å². The predicted molar refractivity (Wildman–Crippen MR) is 78.7 cm³/mol. The summed E-state index contributed by atoms with van der Waals surface area (Å²) in [5, 5.41) is 1.62. The number of benzene rings is 1. The molecular formula is C14H13F2NO3S2. The largest absolute Gasteiger partial charge is 0.494 e. The molecule has 1 N–H and O–H groups in total. The van der Waals surface area contributed by atoms with Crippen molar-refractivity contribution in [3.05, 3.63) is 46.8 Å². The van der Waals surface area contributed by atoms with Crippen LogP contribution in [0.2, 0.25) is 0 Å². The van der Waals surface area contributed by atoms with Crippen LogP contribution >= 0.6 is 11.3 Å². The molecule has 3 rings (SSSR count). The minimum atomic E-state index is -3.73. The molecule has 1 heterocycles. The molecule has 1 aromatic carbocycles. The van der Waals surface area contributed by atoms with Crippen LogP contribution in [-0.4, -0.2) is 21.6 Å². The third-order valence-electron chi connectivity index (χ3n) is 3.54. The van der Waals surface area contributed by atoms with Gasteiger partial charge in [-0.3, -0.25) is 0 Å². The highest BCUT2D eigenvalue weighted by molar-refractivity contribution is 7.91. The molecule has 0 saturated heterocycles. The van der Waals surface area contributed by atoms with Gasteiger partial charge in [0.15, 0.2) is 15.8 Å². The summed E-state index contributed by atoms with van der Waals surface area (Å²) >= 11 is 1.04. The van der Waals surface area contributed by atoms with Gasteiger partial charge in [0.25, 0.3) is 10.0 Å². The van der Waals surface area contributed by atoms with Crippen molar-refractivity contribution in [3.8, 4) is 5.75 Å². The lowest BCUT2D eigenvalue weighted by atomic mass is 10.1. The molecule has 2 aromatic rings. The molecule has 0 radical (unpaired) electrons. The Bertz CT molecular complexity index is 804. The number of thiophene rings is 1. The molecule has 1 aliphatic carbocycles. The summed E-state index contributed by atoms with van der Waals surface area (Å²) in [7, 11) is -2.34. The zero-order valence-corrected chi connectivity index (χ0v) is 13.2. The predicted octanol–water partition coefficient (Wildman–Crippen LogP) is 2.87. The van der Waals surface area contributed by atoms with Crippen molar-refractivity contribution in [2.45, 2.75) is 22.6 Å². The number of methoxy groups -OCH3 is 1. The van der Waals surface area contributed by atoms with Crippen LogP contribution in [0.4, 0.5) is 8.78 Å². The summed E-state index contributed by atoms with van der Waals surface area (Å²) in [5.74, 6) is -1.92. The molecule has 118 valence electrons. The molecule has 1 aromatic heterocycles. The summed E-state index contributed by atoms with van der Waals surface area (Å²) in [6.07, 6.45) is 0.438. The molecule has 1 saturated carbocycles. The topological polar surface area (TPSA) is 55.4 Å². The van der Waals surface area contributed by atoms with Gasteiger partial charge in [0.1, 0.15) is 5.75 Å². The van der Waals surface area contributed by atoms with Crippen molar-refractivity contribution in [2.75, 3.05) is 7.11 Å². The standard InChI is InChI=1S/C14H13F2NO3S2/c1-20-12-5-6-21-14(12)22(18,19)17-11-7-9(11)8-3-2-4-10(15)13(8)16/h2-6,9,11,17H,7H2,1H3/t9-,11+/m1/s1. The highest BCUT2D eigenvalue weighted by Gasteiger charge is 2.43. The van der Waals surface area contributed by atoms with Crippen LogP contribution in [0.5, 0.6) is 5.75 Å². The summed E-state index contributed by atoms with van der Waals surface area (Å²) in [6, 6.07) is 5.06. The fraction of sp³-hybridized carbons (Fsp3) is 0.286. The van der Waals surface area contributed by atoms with Crippen molar-refractivity contribution < 1.29 is 21.9 Å². The van der Waals surface area contributed by atoms with E-state index < -0.39 is 27.7 Å². The fourth-order valence-corrected chi connectivity index (χ4v) is 4.94. The maximum Gasteiger partial charge on any atom is 0.254 e. The maximum absolute atomic E-state index is 13.7. The Kier molecular flexibility index (Phi) is 3.92. The van der Waals surface area contributed by atoms with Gasteiger partial charge < -0.3 is 4.74 Å². The number of nitrogens with one attached hydrogen (secondary N) is 1. The second-order valence-electron chi connectivity index (χ2n) is 4.99. The normalized spacial score (nSPS) is 20.9. The minimum Gasteiger partial charge on any atom is -0.494 e. The van der Waals surface area contributed by atoms with Crippen molar-refractivity contribution in [1.29, 1.82) is 0 Å². The first kappa shape index (κ1) is 15.4. The van der Waals surface area contributed by atoms with Crippen LogP contribution in [0.1, 0.15) is 17.9 Å². The molecule has 0 bridgehead atoms. The zero-order chi connectivity index (χ0) is 15.9. The highest BCUT2D eigenvalue weighted by Crippen LogP contribution is 2.43. The van der Waals surface area contributed by atoms with Gasteiger partial charge in [-0.2, -0.15) is 0 Å². The van der Waals surface area contributed by atoms with E-state index in [4.69, 9.17) is 4.74 Å². The average molecular weight is 345 g/mol. The molecule has 0 aliphatic heterocycles. The lowest BCUT2D eigenvalue weighted by Crippen LogP contribution is -2.26. The highest BCUT2D eigenvalue weighted by atomic mass is 32.2. The third kappa shape index (κ3) is 2.73. The second kappa shape index (κ2) is 5.60. The first-order valence-electron chi connectivity index (χ1n) is 6.51. The van der Waals surface area contributed by atoms with Gasteiger partial charge in [0, 0.05) is 12.0 Å². The molecule has 1 aliphatic rings. The number of sulfonamides is 1. The van der Waals surface area contributed by atoms with E-state index in [2.05, 4.69) is 4.72 Å². The molecule has 8 heteroatoms. The van der Waals surface area contributed by atoms with Gasteiger partial charge in [-0.25, -0.2) is 21.9 Å². The van der Waals surface area contributed by atoms with E-state index in [0.717, 1.165) is 17.4 Å². The molecule has 0 spiro atoms. The molecule has 2 atom stereocenters. The van der Waals surface area contributed by atoms with E-state index in [1.807, 2.05) is 0 Å². The Morgan fingerprint density at radius 2 is 2.09 bits per heavy atom. The van der Waals surface area contributed by atoms with Gasteiger partial charge in [-0.15, -0.1) is 11.3 Å².